The Balaban J connectivity index is 2.30. The topological polar surface area (TPSA) is 110 Å². The Labute approximate surface area is 152 Å². The molecule has 0 aromatic heterocycles. The van der Waals surface area contributed by atoms with Gasteiger partial charge in [-0.25, -0.2) is 0 Å². The average Bonchev–Trinajstić information content (AvgIpc) is 2.54. The lowest BCUT2D eigenvalue weighted by Gasteiger charge is -2.19. The van der Waals surface area contributed by atoms with E-state index in [0.717, 1.165) is 6.07 Å². The van der Waals surface area contributed by atoms with Gasteiger partial charge in [0.15, 0.2) is 0 Å². The van der Waals surface area contributed by atoms with Crippen molar-refractivity contribution in [2.75, 3.05) is 0 Å². The Kier molecular flexibility index (Phi) is 5.95. The Bertz CT molecular complexity index is 841. The van der Waals surface area contributed by atoms with Gasteiger partial charge in [0.25, 0.3) is 11.6 Å². The van der Waals surface area contributed by atoms with Crippen molar-refractivity contribution >= 4 is 40.8 Å². The molecule has 0 spiro atoms. The number of carbonyl (C=O) groups is 2. The lowest BCUT2D eigenvalue weighted by Crippen LogP contribution is -2.30. The van der Waals surface area contributed by atoms with Gasteiger partial charge in [-0.05, 0) is 23.8 Å². The smallest absolute Gasteiger partial charge is 0.305 e. The summed E-state index contributed by atoms with van der Waals surface area (Å²) >= 11 is 11.9. The molecule has 0 bridgehead atoms. The van der Waals surface area contributed by atoms with Gasteiger partial charge in [-0.2, -0.15) is 0 Å². The number of nitro groups is 1. The second kappa shape index (κ2) is 7.96. The molecule has 25 heavy (non-hydrogen) atoms. The SMILES string of the molecule is O=C(O)C[C@H](NC(=O)c1cccc([N+](=O)[O-])c1)c1ccc(Cl)cc1Cl. The summed E-state index contributed by atoms with van der Waals surface area (Å²) in [5.74, 6) is -1.80. The fourth-order valence-electron chi connectivity index (χ4n) is 2.20. The van der Waals surface area contributed by atoms with Crippen LogP contribution in [0.2, 0.25) is 10.0 Å². The van der Waals surface area contributed by atoms with Crippen LogP contribution in [0.15, 0.2) is 42.5 Å². The lowest BCUT2D eigenvalue weighted by molar-refractivity contribution is -0.384. The molecule has 0 saturated carbocycles. The van der Waals surface area contributed by atoms with Crippen molar-refractivity contribution in [1.82, 2.24) is 5.32 Å². The minimum absolute atomic E-state index is 0.0367. The number of halogens is 2. The zero-order valence-electron chi connectivity index (χ0n) is 12.6. The van der Waals surface area contributed by atoms with Crippen molar-refractivity contribution in [3.05, 3.63) is 73.8 Å². The summed E-state index contributed by atoms with van der Waals surface area (Å²) in [6, 6.07) is 8.68. The monoisotopic (exact) mass is 382 g/mol. The number of non-ortho nitro benzene ring substituents is 1. The lowest BCUT2D eigenvalue weighted by atomic mass is 10.0. The van der Waals surface area contributed by atoms with E-state index < -0.39 is 29.3 Å². The van der Waals surface area contributed by atoms with Gasteiger partial charge in [0.05, 0.1) is 17.4 Å². The number of nitrogens with zero attached hydrogens (tertiary/aromatic N) is 1. The number of benzene rings is 2. The molecule has 1 atom stereocenters. The van der Waals surface area contributed by atoms with Gasteiger partial charge in [0.1, 0.15) is 0 Å². The molecule has 9 heteroatoms. The van der Waals surface area contributed by atoms with Crippen molar-refractivity contribution in [2.24, 2.45) is 0 Å². The van der Waals surface area contributed by atoms with E-state index in [1.54, 1.807) is 0 Å². The van der Waals surface area contributed by atoms with Gasteiger partial charge < -0.3 is 10.4 Å². The maximum absolute atomic E-state index is 12.4. The maximum atomic E-state index is 12.4. The molecule has 0 heterocycles. The average molecular weight is 383 g/mol. The molecule has 2 rings (SSSR count). The largest absolute Gasteiger partial charge is 0.481 e. The Morgan fingerprint density at radius 1 is 1.20 bits per heavy atom. The number of nitrogens with one attached hydrogen (secondary N) is 1. The van der Waals surface area contributed by atoms with Gasteiger partial charge >= 0.3 is 5.97 Å². The fraction of sp³-hybridized carbons (Fsp3) is 0.125. The number of rotatable bonds is 6. The summed E-state index contributed by atoms with van der Waals surface area (Å²) in [6.45, 7) is 0. The van der Waals surface area contributed by atoms with Crippen LogP contribution in [0.3, 0.4) is 0 Å². The van der Waals surface area contributed by atoms with E-state index in [1.165, 1.54) is 36.4 Å². The summed E-state index contributed by atoms with van der Waals surface area (Å²) in [4.78, 5) is 33.7. The van der Waals surface area contributed by atoms with E-state index in [0.29, 0.717) is 10.6 Å². The van der Waals surface area contributed by atoms with Crippen LogP contribution in [0.25, 0.3) is 0 Å². The summed E-state index contributed by atoms with van der Waals surface area (Å²) in [6.07, 6.45) is -0.415. The van der Waals surface area contributed by atoms with E-state index in [-0.39, 0.29) is 16.3 Å². The van der Waals surface area contributed by atoms with Crippen molar-refractivity contribution in [3.63, 3.8) is 0 Å². The van der Waals surface area contributed by atoms with Crippen molar-refractivity contribution in [3.8, 4) is 0 Å². The first-order valence-corrected chi connectivity index (χ1v) is 7.75. The molecule has 2 aromatic carbocycles. The summed E-state index contributed by atoms with van der Waals surface area (Å²) in [5.41, 5.74) is 0.175. The van der Waals surface area contributed by atoms with Crippen molar-refractivity contribution in [2.45, 2.75) is 12.5 Å². The molecule has 0 radical (unpaired) electrons. The molecule has 0 unspecified atom stereocenters. The highest BCUT2D eigenvalue weighted by atomic mass is 35.5. The number of amides is 1. The second-order valence-electron chi connectivity index (χ2n) is 5.10. The number of hydrogen-bond donors (Lipinski definition) is 2. The number of carboxylic acid groups (broad SMARTS) is 1. The van der Waals surface area contributed by atoms with E-state index in [9.17, 15) is 19.7 Å². The van der Waals surface area contributed by atoms with Crippen LogP contribution >= 0.6 is 23.2 Å². The summed E-state index contributed by atoms with van der Waals surface area (Å²) < 4.78 is 0. The second-order valence-corrected chi connectivity index (χ2v) is 5.94. The number of carbonyl (C=O) groups excluding carboxylic acids is 1. The van der Waals surface area contributed by atoms with Gasteiger partial charge in [-0.3, -0.25) is 19.7 Å². The predicted molar refractivity (Wildman–Crippen MR) is 92.0 cm³/mol. The van der Waals surface area contributed by atoms with Crippen LogP contribution in [0.4, 0.5) is 5.69 Å². The van der Waals surface area contributed by atoms with Crippen LogP contribution < -0.4 is 5.32 Å². The number of aliphatic carboxylic acids is 1. The first kappa shape index (κ1) is 18.7. The van der Waals surface area contributed by atoms with Crippen LogP contribution in [0, 0.1) is 10.1 Å². The zero-order valence-corrected chi connectivity index (χ0v) is 14.1. The minimum atomic E-state index is -1.14. The van der Waals surface area contributed by atoms with E-state index in [4.69, 9.17) is 28.3 Å². The third-order valence-corrected chi connectivity index (χ3v) is 3.90. The molecule has 130 valence electrons. The highest BCUT2D eigenvalue weighted by molar-refractivity contribution is 6.35. The van der Waals surface area contributed by atoms with Crippen LogP contribution in [-0.2, 0) is 4.79 Å². The van der Waals surface area contributed by atoms with E-state index in [2.05, 4.69) is 5.32 Å². The van der Waals surface area contributed by atoms with Crippen LogP contribution in [-0.4, -0.2) is 21.9 Å². The Morgan fingerprint density at radius 2 is 1.92 bits per heavy atom. The van der Waals surface area contributed by atoms with Gasteiger partial charge in [-0.1, -0.05) is 35.3 Å². The molecular weight excluding hydrogens is 371 g/mol. The molecule has 0 saturated heterocycles. The van der Waals surface area contributed by atoms with Crippen molar-refractivity contribution in [1.29, 1.82) is 0 Å². The number of hydrogen-bond acceptors (Lipinski definition) is 4. The van der Waals surface area contributed by atoms with Crippen molar-refractivity contribution < 1.29 is 19.6 Å². The van der Waals surface area contributed by atoms with Gasteiger partial charge in [0, 0.05) is 27.7 Å². The third-order valence-electron chi connectivity index (χ3n) is 3.34. The molecule has 1 amide bonds. The number of carboxylic acids is 1. The zero-order chi connectivity index (χ0) is 18.6. The van der Waals surface area contributed by atoms with Gasteiger partial charge in [-0.15, -0.1) is 0 Å². The van der Waals surface area contributed by atoms with Crippen LogP contribution in [0.5, 0.6) is 0 Å². The Hall–Kier alpha value is -2.64. The molecule has 0 aliphatic rings. The molecule has 0 aliphatic carbocycles. The first-order chi connectivity index (χ1) is 11.8. The third kappa shape index (κ3) is 4.91. The normalized spacial score (nSPS) is 11.6. The molecule has 2 aromatic rings. The standard InChI is InChI=1S/C16H12Cl2N2O5/c17-10-4-5-12(13(18)7-10)14(8-15(21)22)19-16(23)9-2-1-3-11(6-9)20(24)25/h1-7,14H,8H2,(H,19,23)(H,21,22)/t14-/m0/s1. The Morgan fingerprint density at radius 3 is 2.52 bits per heavy atom. The molecular formula is C16H12Cl2N2O5. The molecule has 0 aliphatic heterocycles. The molecule has 7 nitrogen and oxygen atoms in total. The first-order valence-electron chi connectivity index (χ1n) is 7.00. The highest BCUT2D eigenvalue weighted by Crippen LogP contribution is 2.28. The van der Waals surface area contributed by atoms with Crippen LogP contribution in [0.1, 0.15) is 28.4 Å². The minimum Gasteiger partial charge on any atom is -0.481 e. The highest BCUT2D eigenvalue weighted by Gasteiger charge is 2.22. The summed E-state index contributed by atoms with van der Waals surface area (Å²) in [7, 11) is 0. The fourth-order valence-corrected chi connectivity index (χ4v) is 2.74. The van der Waals surface area contributed by atoms with E-state index >= 15 is 0 Å². The maximum Gasteiger partial charge on any atom is 0.305 e. The molecule has 2 N–H and O–H groups in total. The van der Waals surface area contributed by atoms with Gasteiger partial charge in [0.2, 0.25) is 0 Å². The summed E-state index contributed by atoms with van der Waals surface area (Å²) in [5, 5.41) is 23.0. The van der Waals surface area contributed by atoms with E-state index in [1.807, 2.05) is 0 Å². The molecule has 0 fully saturated rings. The quantitative estimate of drug-likeness (QED) is 0.582. The number of nitro benzene ring substituents is 1. The predicted octanol–water partition coefficient (Wildman–Crippen LogP) is 3.85.